The molecular formula is C5H10N4O. The normalized spacial score (nSPS) is 10.2. The van der Waals surface area contributed by atoms with Gasteiger partial charge in [-0.05, 0) is 0 Å². The number of hydrogen-bond donors (Lipinski definition) is 1. The number of rotatable bonds is 3. The van der Waals surface area contributed by atoms with E-state index in [0.29, 0.717) is 6.54 Å². The number of aromatic nitrogens is 3. The third-order valence-electron chi connectivity index (χ3n) is 1.05. The first kappa shape index (κ1) is 7.17. The van der Waals surface area contributed by atoms with Gasteiger partial charge in [-0.2, -0.15) is 5.48 Å². The van der Waals surface area contributed by atoms with E-state index in [-0.39, 0.29) is 0 Å². The van der Waals surface area contributed by atoms with Crippen LogP contribution in [0, 0.1) is 0 Å². The Morgan fingerprint density at radius 2 is 2.60 bits per heavy atom. The van der Waals surface area contributed by atoms with Gasteiger partial charge >= 0.3 is 0 Å². The van der Waals surface area contributed by atoms with Crippen LogP contribution in [0.25, 0.3) is 0 Å². The molecule has 1 rings (SSSR count). The molecule has 1 heterocycles. The second-order valence-electron chi connectivity index (χ2n) is 1.91. The second-order valence-corrected chi connectivity index (χ2v) is 1.91. The highest BCUT2D eigenvalue weighted by atomic mass is 16.6. The maximum absolute atomic E-state index is 4.63. The van der Waals surface area contributed by atoms with Gasteiger partial charge in [0.2, 0.25) is 0 Å². The lowest BCUT2D eigenvalue weighted by Gasteiger charge is -1.94. The summed E-state index contributed by atoms with van der Waals surface area (Å²) < 4.78 is 1.65. The summed E-state index contributed by atoms with van der Waals surface area (Å²) in [6.45, 7) is 0.588. The third kappa shape index (κ3) is 1.78. The average Bonchev–Trinajstić information content (AvgIpc) is 2.31. The molecule has 1 aromatic heterocycles. The monoisotopic (exact) mass is 142 g/mol. The van der Waals surface area contributed by atoms with E-state index in [0.717, 1.165) is 5.69 Å². The van der Waals surface area contributed by atoms with Crippen LogP contribution < -0.4 is 5.48 Å². The van der Waals surface area contributed by atoms with Crippen LogP contribution in [0.1, 0.15) is 5.69 Å². The number of nitrogens with one attached hydrogen (secondary N) is 1. The fourth-order valence-corrected chi connectivity index (χ4v) is 0.622. The van der Waals surface area contributed by atoms with Gasteiger partial charge in [-0.3, -0.25) is 4.68 Å². The summed E-state index contributed by atoms with van der Waals surface area (Å²) in [5.41, 5.74) is 3.53. The van der Waals surface area contributed by atoms with Crippen molar-refractivity contribution in [2.24, 2.45) is 7.05 Å². The Morgan fingerprint density at radius 1 is 1.80 bits per heavy atom. The summed E-state index contributed by atoms with van der Waals surface area (Å²) in [7, 11) is 3.39. The van der Waals surface area contributed by atoms with Crippen LogP contribution in [0.3, 0.4) is 0 Å². The molecule has 0 radical (unpaired) electrons. The van der Waals surface area contributed by atoms with Crippen molar-refractivity contribution in [3.05, 3.63) is 11.9 Å². The molecule has 10 heavy (non-hydrogen) atoms. The standard InChI is InChI=1S/C5H10N4O/c1-9-4-5(7-8-9)3-6-10-2/h4,6H,3H2,1-2H3. The highest BCUT2D eigenvalue weighted by Crippen LogP contribution is 1.88. The first-order chi connectivity index (χ1) is 4.83. The van der Waals surface area contributed by atoms with E-state index in [1.165, 1.54) is 0 Å². The van der Waals surface area contributed by atoms with Crippen LogP contribution in [0.5, 0.6) is 0 Å². The average molecular weight is 142 g/mol. The minimum absolute atomic E-state index is 0.588. The lowest BCUT2D eigenvalue weighted by molar-refractivity contribution is 0.0858. The van der Waals surface area contributed by atoms with Crippen molar-refractivity contribution < 1.29 is 4.84 Å². The fourth-order valence-electron chi connectivity index (χ4n) is 0.622. The molecule has 0 aliphatic heterocycles. The van der Waals surface area contributed by atoms with Crippen LogP contribution in [0.15, 0.2) is 6.20 Å². The molecule has 0 fully saturated rings. The quantitative estimate of drug-likeness (QED) is 0.576. The van der Waals surface area contributed by atoms with Gasteiger partial charge in [0, 0.05) is 13.2 Å². The molecule has 0 aliphatic carbocycles. The second kappa shape index (κ2) is 3.28. The predicted molar refractivity (Wildman–Crippen MR) is 34.9 cm³/mol. The van der Waals surface area contributed by atoms with Crippen molar-refractivity contribution in [1.82, 2.24) is 20.5 Å². The van der Waals surface area contributed by atoms with E-state index in [1.54, 1.807) is 11.8 Å². The largest absolute Gasteiger partial charge is 0.305 e. The number of aryl methyl sites for hydroxylation is 1. The maximum atomic E-state index is 4.63. The van der Waals surface area contributed by atoms with E-state index in [2.05, 4.69) is 20.6 Å². The van der Waals surface area contributed by atoms with Crippen LogP contribution >= 0.6 is 0 Å². The zero-order valence-electron chi connectivity index (χ0n) is 6.03. The van der Waals surface area contributed by atoms with Crippen LogP contribution in [0.4, 0.5) is 0 Å². The highest BCUT2D eigenvalue weighted by Gasteiger charge is 1.94. The van der Waals surface area contributed by atoms with E-state index >= 15 is 0 Å². The Hall–Kier alpha value is -0.940. The van der Waals surface area contributed by atoms with Crippen molar-refractivity contribution in [2.45, 2.75) is 6.54 Å². The fraction of sp³-hybridized carbons (Fsp3) is 0.600. The summed E-state index contributed by atoms with van der Waals surface area (Å²) in [6, 6.07) is 0. The van der Waals surface area contributed by atoms with Gasteiger partial charge in [0.25, 0.3) is 0 Å². The van der Waals surface area contributed by atoms with Crippen molar-refractivity contribution in [1.29, 1.82) is 0 Å². The van der Waals surface area contributed by atoms with Crippen LogP contribution in [-0.2, 0) is 18.4 Å². The minimum Gasteiger partial charge on any atom is -0.305 e. The zero-order valence-corrected chi connectivity index (χ0v) is 6.03. The Labute approximate surface area is 58.9 Å². The molecule has 0 unspecified atom stereocenters. The molecule has 0 aliphatic rings. The van der Waals surface area contributed by atoms with Crippen molar-refractivity contribution >= 4 is 0 Å². The summed E-state index contributed by atoms with van der Waals surface area (Å²) >= 11 is 0. The molecule has 5 heteroatoms. The number of hydrogen-bond acceptors (Lipinski definition) is 4. The Balaban J connectivity index is 2.42. The molecule has 0 atom stereocenters. The lowest BCUT2D eigenvalue weighted by atomic mass is 10.5. The smallest absolute Gasteiger partial charge is 0.0988 e. The van der Waals surface area contributed by atoms with Gasteiger partial charge in [-0.1, -0.05) is 5.21 Å². The van der Waals surface area contributed by atoms with Crippen LogP contribution in [-0.4, -0.2) is 22.1 Å². The molecule has 0 spiro atoms. The topological polar surface area (TPSA) is 52.0 Å². The lowest BCUT2D eigenvalue weighted by Crippen LogP contribution is -2.10. The Bertz CT molecular complexity index is 197. The minimum atomic E-state index is 0.588. The summed E-state index contributed by atoms with van der Waals surface area (Å²) in [4.78, 5) is 4.63. The Kier molecular flexibility index (Phi) is 2.35. The highest BCUT2D eigenvalue weighted by molar-refractivity contribution is 4.89. The van der Waals surface area contributed by atoms with E-state index in [1.807, 2.05) is 13.2 Å². The molecule has 0 aromatic carbocycles. The van der Waals surface area contributed by atoms with Crippen molar-refractivity contribution in [3.63, 3.8) is 0 Å². The first-order valence-corrected chi connectivity index (χ1v) is 2.94. The van der Waals surface area contributed by atoms with Gasteiger partial charge in [0.1, 0.15) is 0 Å². The van der Waals surface area contributed by atoms with Crippen LogP contribution in [0.2, 0.25) is 0 Å². The maximum Gasteiger partial charge on any atom is 0.0988 e. The molecule has 1 N–H and O–H groups in total. The van der Waals surface area contributed by atoms with Gasteiger partial charge in [0.15, 0.2) is 0 Å². The molecule has 0 amide bonds. The van der Waals surface area contributed by atoms with E-state index in [4.69, 9.17) is 0 Å². The SMILES string of the molecule is CONCc1cn(C)nn1. The molecule has 0 saturated carbocycles. The molecule has 5 nitrogen and oxygen atoms in total. The van der Waals surface area contributed by atoms with Crippen molar-refractivity contribution in [3.8, 4) is 0 Å². The van der Waals surface area contributed by atoms with Gasteiger partial charge in [-0.15, -0.1) is 5.10 Å². The summed E-state index contributed by atoms with van der Waals surface area (Å²) in [6.07, 6.45) is 1.83. The molecular weight excluding hydrogens is 132 g/mol. The molecule has 1 aromatic rings. The predicted octanol–water partition coefficient (Wildman–Crippen LogP) is -0.534. The first-order valence-electron chi connectivity index (χ1n) is 2.94. The van der Waals surface area contributed by atoms with Gasteiger partial charge < -0.3 is 4.84 Å². The molecule has 56 valence electrons. The van der Waals surface area contributed by atoms with Gasteiger partial charge in [-0.25, -0.2) is 0 Å². The molecule has 0 bridgehead atoms. The summed E-state index contributed by atoms with van der Waals surface area (Å²) in [5.74, 6) is 0. The van der Waals surface area contributed by atoms with Gasteiger partial charge in [0.05, 0.1) is 19.3 Å². The summed E-state index contributed by atoms with van der Waals surface area (Å²) in [5, 5.41) is 7.56. The van der Waals surface area contributed by atoms with E-state index in [9.17, 15) is 0 Å². The van der Waals surface area contributed by atoms with E-state index < -0.39 is 0 Å². The zero-order chi connectivity index (χ0) is 7.40. The third-order valence-corrected chi connectivity index (χ3v) is 1.05. The number of nitrogens with zero attached hydrogens (tertiary/aromatic N) is 3. The number of hydroxylamine groups is 1. The van der Waals surface area contributed by atoms with Crippen molar-refractivity contribution in [2.75, 3.05) is 7.11 Å². The molecule has 0 saturated heterocycles. The Morgan fingerprint density at radius 3 is 3.10 bits per heavy atom.